The summed E-state index contributed by atoms with van der Waals surface area (Å²) < 4.78 is 11.2. The predicted molar refractivity (Wildman–Crippen MR) is 103 cm³/mol. The minimum absolute atomic E-state index is 0.0185. The predicted octanol–water partition coefficient (Wildman–Crippen LogP) is 2.26. The number of carbonyl (C=O) groups excluding carboxylic acids is 3. The molecule has 0 aromatic carbocycles. The van der Waals surface area contributed by atoms with Crippen molar-refractivity contribution in [3.05, 3.63) is 36.7 Å². The summed E-state index contributed by atoms with van der Waals surface area (Å²) in [7, 11) is 1.27. The van der Waals surface area contributed by atoms with Gasteiger partial charge in [0, 0.05) is 22.5 Å². The van der Waals surface area contributed by atoms with Crippen LogP contribution in [0.3, 0.4) is 0 Å². The van der Waals surface area contributed by atoms with E-state index >= 15 is 0 Å². The number of nitrogens with one attached hydrogen (secondary N) is 1. The van der Waals surface area contributed by atoms with Crippen molar-refractivity contribution in [3.8, 4) is 0 Å². The first-order valence-electron chi connectivity index (χ1n) is 8.03. The summed E-state index contributed by atoms with van der Waals surface area (Å²) in [6.45, 7) is 5.09. The van der Waals surface area contributed by atoms with Crippen molar-refractivity contribution in [3.63, 3.8) is 0 Å². The Morgan fingerprint density at radius 1 is 1.22 bits per heavy atom. The monoisotopic (exact) mass is 412 g/mol. The molecule has 0 atom stereocenters. The number of anilines is 1. The molecule has 1 N–H and O–H groups in total. The Bertz CT molecular complexity index is 924. The summed E-state index contributed by atoms with van der Waals surface area (Å²) in [6.07, 6.45) is -0.0185. The number of amides is 1. The molecule has 0 aliphatic carbocycles. The van der Waals surface area contributed by atoms with Gasteiger partial charge in [0.25, 0.3) is 5.91 Å². The molecule has 0 fully saturated rings. The van der Waals surface area contributed by atoms with Gasteiger partial charge in [-0.2, -0.15) is 0 Å². The van der Waals surface area contributed by atoms with Crippen LogP contribution in [-0.2, 0) is 25.6 Å². The maximum absolute atomic E-state index is 12.1. The van der Waals surface area contributed by atoms with Gasteiger partial charge < -0.3 is 19.4 Å². The molecule has 8 nitrogen and oxygen atoms in total. The van der Waals surface area contributed by atoms with Crippen LogP contribution in [0.4, 0.5) is 5.00 Å². The SMILES string of the molecule is COC(=O)c1c(NC(=O)COC(=O)CCn2c(C)csc2=O)sc(C)c1C. The van der Waals surface area contributed by atoms with Gasteiger partial charge in [-0.1, -0.05) is 11.3 Å². The van der Waals surface area contributed by atoms with Crippen LogP contribution in [0, 0.1) is 20.8 Å². The summed E-state index contributed by atoms with van der Waals surface area (Å²) in [5.74, 6) is -1.69. The van der Waals surface area contributed by atoms with Crippen molar-refractivity contribution in [2.24, 2.45) is 0 Å². The molecular formula is C17H20N2O6S2. The van der Waals surface area contributed by atoms with Crippen molar-refractivity contribution >= 4 is 45.5 Å². The molecule has 0 spiro atoms. The van der Waals surface area contributed by atoms with Crippen LogP contribution in [0.1, 0.15) is 32.9 Å². The van der Waals surface area contributed by atoms with Gasteiger partial charge in [-0.25, -0.2) is 4.79 Å². The molecule has 1 amide bonds. The molecule has 10 heteroatoms. The summed E-state index contributed by atoms with van der Waals surface area (Å²) >= 11 is 2.31. The third-order valence-corrected chi connectivity index (χ3v) is 5.91. The van der Waals surface area contributed by atoms with Gasteiger partial charge in [0.05, 0.1) is 19.1 Å². The maximum atomic E-state index is 12.1. The van der Waals surface area contributed by atoms with Crippen molar-refractivity contribution in [1.82, 2.24) is 4.57 Å². The van der Waals surface area contributed by atoms with E-state index in [9.17, 15) is 19.2 Å². The number of aromatic nitrogens is 1. The van der Waals surface area contributed by atoms with Gasteiger partial charge in [-0.3, -0.25) is 14.4 Å². The standard InChI is InChI=1S/C17H20N2O6S2/c1-9-8-26-17(23)19(9)6-5-13(21)25-7-12(20)18-15-14(16(22)24-4)10(2)11(3)27-15/h8H,5-7H2,1-4H3,(H,18,20). The third kappa shape index (κ3) is 5.04. The Morgan fingerprint density at radius 2 is 1.93 bits per heavy atom. The average molecular weight is 412 g/mol. The minimum Gasteiger partial charge on any atom is -0.465 e. The van der Waals surface area contributed by atoms with E-state index in [4.69, 9.17) is 9.47 Å². The number of hydrogen-bond acceptors (Lipinski definition) is 8. The van der Waals surface area contributed by atoms with Crippen LogP contribution >= 0.6 is 22.7 Å². The number of thiazole rings is 1. The maximum Gasteiger partial charge on any atom is 0.341 e. The van der Waals surface area contributed by atoms with Crippen molar-refractivity contribution < 1.29 is 23.9 Å². The van der Waals surface area contributed by atoms with E-state index in [-0.39, 0.29) is 17.8 Å². The Kier molecular flexibility index (Phi) is 6.92. The Balaban J connectivity index is 1.89. The van der Waals surface area contributed by atoms with Gasteiger partial charge >= 0.3 is 16.8 Å². The van der Waals surface area contributed by atoms with Gasteiger partial charge in [0.15, 0.2) is 6.61 Å². The van der Waals surface area contributed by atoms with Crippen LogP contribution in [0.5, 0.6) is 0 Å². The highest BCUT2D eigenvalue weighted by Gasteiger charge is 2.22. The number of ether oxygens (including phenoxy) is 2. The van der Waals surface area contributed by atoms with E-state index in [2.05, 4.69) is 5.32 Å². The lowest BCUT2D eigenvalue weighted by molar-refractivity contribution is -0.147. The van der Waals surface area contributed by atoms with E-state index in [0.29, 0.717) is 10.6 Å². The summed E-state index contributed by atoms with van der Waals surface area (Å²) in [5, 5.41) is 4.65. The number of aryl methyl sites for hydroxylation is 2. The number of methoxy groups -OCH3 is 1. The molecule has 0 saturated heterocycles. The topological polar surface area (TPSA) is 104 Å². The molecule has 0 aliphatic heterocycles. The van der Waals surface area contributed by atoms with Crippen LogP contribution < -0.4 is 10.2 Å². The lowest BCUT2D eigenvalue weighted by atomic mass is 10.1. The average Bonchev–Trinajstić information content (AvgIpc) is 3.09. The van der Waals surface area contributed by atoms with Gasteiger partial charge in [0.1, 0.15) is 5.00 Å². The number of thiophene rings is 1. The van der Waals surface area contributed by atoms with Gasteiger partial charge in [0.2, 0.25) is 0 Å². The lowest BCUT2D eigenvalue weighted by Gasteiger charge is -2.08. The second-order valence-corrected chi connectivity index (χ2v) is 7.78. The van der Waals surface area contributed by atoms with E-state index in [0.717, 1.165) is 27.5 Å². The van der Waals surface area contributed by atoms with E-state index in [1.54, 1.807) is 19.2 Å². The molecule has 146 valence electrons. The first-order valence-corrected chi connectivity index (χ1v) is 9.73. The summed E-state index contributed by atoms with van der Waals surface area (Å²) in [5.41, 5.74) is 1.80. The molecule has 0 aliphatic rings. The fourth-order valence-electron chi connectivity index (χ4n) is 2.32. The number of esters is 2. The zero-order valence-electron chi connectivity index (χ0n) is 15.4. The van der Waals surface area contributed by atoms with Crippen LogP contribution in [-0.4, -0.2) is 36.1 Å². The summed E-state index contributed by atoms with van der Waals surface area (Å²) in [4.78, 5) is 48.1. The zero-order chi connectivity index (χ0) is 20.1. The largest absolute Gasteiger partial charge is 0.465 e. The smallest absolute Gasteiger partial charge is 0.341 e. The Morgan fingerprint density at radius 3 is 2.52 bits per heavy atom. The Hall–Kier alpha value is -2.46. The number of rotatable bonds is 7. The second-order valence-electron chi connectivity index (χ2n) is 5.73. The molecular weight excluding hydrogens is 392 g/mol. The summed E-state index contributed by atoms with van der Waals surface area (Å²) in [6, 6.07) is 0. The minimum atomic E-state index is -0.589. The van der Waals surface area contributed by atoms with E-state index in [1.807, 2.05) is 6.92 Å². The highest BCUT2D eigenvalue weighted by Crippen LogP contribution is 2.32. The molecule has 0 unspecified atom stereocenters. The molecule has 27 heavy (non-hydrogen) atoms. The first kappa shape index (κ1) is 20.8. The van der Waals surface area contributed by atoms with Crippen LogP contribution in [0.25, 0.3) is 0 Å². The highest BCUT2D eigenvalue weighted by atomic mass is 32.1. The van der Waals surface area contributed by atoms with Crippen molar-refractivity contribution in [2.45, 2.75) is 33.7 Å². The Labute approximate surface area is 163 Å². The molecule has 0 bridgehead atoms. The highest BCUT2D eigenvalue weighted by molar-refractivity contribution is 7.16. The lowest BCUT2D eigenvalue weighted by Crippen LogP contribution is -2.23. The van der Waals surface area contributed by atoms with E-state index in [1.165, 1.54) is 23.0 Å². The van der Waals surface area contributed by atoms with Gasteiger partial charge in [-0.15, -0.1) is 11.3 Å². The van der Waals surface area contributed by atoms with E-state index < -0.39 is 24.5 Å². The zero-order valence-corrected chi connectivity index (χ0v) is 17.0. The first-order chi connectivity index (χ1) is 12.7. The van der Waals surface area contributed by atoms with Crippen molar-refractivity contribution in [1.29, 1.82) is 0 Å². The van der Waals surface area contributed by atoms with Gasteiger partial charge in [-0.05, 0) is 26.3 Å². The third-order valence-electron chi connectivity index (χ3n) is 3.91. The quantitative estimate of drug-likeness (QED) is 0.700. The normalized spacial score (nSPS) is 10.5. The number of nitrogens with zero attached hydrogens (tertiary/aromatic N) is 1. The van der Waals surface area contributed by atoms with Crippen LogP contribution in [0.15, 0.2) is 10.2 Å². The fourth-order valence-corrected chi connectivity index (χ4v) is 4.15. The second kappa shape index (κ2) is 8.96. The number of hydrogen-bond donors (Lipinski definition) is 1. The molecule has 2 aromatic heterocycles. The molecule has 2 heterocycles. The fraction of sp³-hybridized carbons (Fsp3) is 0.412. The molecule has 0 saturated carbocycles. The van der Waals surface area contributed by atoms with Crippen molar-refractivity contribution in [2.75, 3.05) is 19.0 Å². The van der Waals surface area contributed by atoms with Crippen LogP contribution in [0.2, 0.25) is 0 Å². The molecule has 0 radical (unpaired) electrons. The molecule has 2 aromatic rings. The molecule has 2 rings (SSSR count). The number of carbonyl (C=O) groups is 3.